The number of nitrogens with one attached hydrogen (secondary N) is 1. The Morgan fingerprint density at radius 1 is 1.40 bits per heavy atom. The van der Waals surface area contributed by atoms with E-state index in [4.69, 9.17) is 12.2 Å². The van der Waals surface area contributed by atoms with Crippen LogP contribution in [0.3, 0.4) is 0 Å². The normalized spacial score (nSPS) is 9.93. The van der Waals surface area contributed by atoms with E-state index in [-0.39, 0.29) is 0 Å². The predicted octanol–water partition coefficient (Wildman–Crippen LogP) is 3.92. The minimum absolute atomic E-state index is 0.820. The fraction of sp³-hybridized carbons (Fsp3) is 0.364. The molecule has 0 aromatic heterocycles. The Morgan fingerprint density at radius 2 is 2.07 bits per heavy atom. The molecule has 0 saturated heterocycles. The molecular weight excluding hydrogens is 306 g/mol. The molecule has 1 rings (SSSR count). The molecule has 0 amide bonds. The quantitative estimate of drug-likeness (QED) is 0.667. The van der Waals surface area contributed by atoms with Gasteiger partial charge in [-0.2, -0.15) is 0 Å². The van der Waals surface area contributed by atoms with E-state index in [9.17, 15) is 0 Å². The number of hydrogen-bond donors (Lipinski definition) is 1. The van der Waals surface area contributed by atoms with Crippen molar-refractivity contribution in [3.05, 3.63) is 29.8 Å². The van der Waals surface area contributed by atoms with Crippen molar-refractivity contribution in [3.8, 4) is 0 Å². The van der Waals surface area contributed by atoms with Crippen molar-refractivity contribution in [1.29, 1.82) is 0 Å². The summed E-state index contributed by atoms with van der Waals surface area (Å²) in [4.78, 5) is 0. The summed E-state index contributed by atoms with van der Waals surface area (Å²) in [6, 6.07) is 8.52. The van der Waals surface area contributed by atoms with Gasteiger partial charge in [0.2, 0.25) is 0 Å². The molecule has 0 fully saturated rings. The van der Waals surface area contributed by atoms with E-state index in [1.807, 2.05) is 18.5 Å². The van der Waals surface area contributed by atoms with Crippen molar-refractivity contribution in [2.75, 3.05) is 5.32 Å². The first-order chi connectivity index (χ1) is 7.26. The first-order valence-electron chi connectivity index (χ1n) is 4.96. The molecule has 4 heteroatoms. The molecule has 0 aliphatic rings. The third-order valence-corrected chi connectivity index (χ3v) is 4.77. The number of anilines is 1. The molecular formula is C11H14MoNS2. The minimum atomic E-state index is 0.820. The first kappa shape index (κ1) is 13.2. The summed E-state index contributed by atoms with van der Waals surface area (Å²) in [5.74, 6) is 0. The van der Waals surface area contributed by atoms with Crippen LogP contribution in [0.2, 0.25) is 0 Å². The Balaban J connectivity index is 2.52. The maximum absolute atomic E-state index is 5.09. The van der Waals surface area contributed by atoms with Gasteiger partial charge in [0.25, 0.3) is 0 Å². The summed E-state index contributed by atoms with van der Waals surface area (Å²) in [5.41, 5.74) is 2.48. The standard InChI is InChI=1S/C11H15NS2.Mo/c1-2-3-4-9-5-7-10(8-6-9)12-11(13)14;/h5-8H,2-4H2,1H3,(H2,12,13,14);/q;+1/p-1. The van der Waals surface area contributed by atoms with E-state index in [2.05, 4.69) is 36.5 Å². The fourth-order valence-corrected chi connectivity index (χ4v) is 1.86. The second-order valence-corrected chi connectivity index (χ2v) is 5.77. The number of aryl methyl sites for hydroxylation is 1. The first-order valence-corrected chi connectivity index (χ1v) is 8.56. The van der Waals surface area contributed by atoms with Crippen molar-refractivity contribution in [2.45, 2.75) is 26.2 Å². The molecule has 0 aliphatic carbocycles. The molecule has 0 bridgehead atoms. The molecule has 81 valence electrons. The topological polar surface area (TPSA) is 12.0 Å². The molecule has 0 aliphatic heterocycles. The summed E-state index contributed by atoms with van der Waals surface area (Å²) < 4.78 is 0.820. The average Bonchev–Trinajstić information content (AvgIpc) is 2.28. The van der Waals surface area contributed by atoms with Crippen molar-refractivity contribution >= 4 is 31.7 Å². The zero-order valence-corrected chi connectivity index (χ0v) is 12.3. The number of unbranched alkanes of at least 4 members (excludes halogenated alkanes) is 1. The van der Waals surface area contributed by atoms with E-state index >= 15 is 0 Å². The van der Waals surface area contributed by atoms with Gasteiger partial charge in [-0.05, 0) is 0 Å². The summed E-state index contributed by atoms with van der Waals surface area (Å²) in [6.07, 6.45) is 3.68. The third kappa shape index (κ3) is 5.14. The Bertz CT molecular complexity index is 311. The Kier molecular flexibility index (Phi) is 6.54. The SMILES string of the molecule is CCCCc1ccc(NC(=S)[S][Mo])cc1. The van der Waals surface area contributed by atoms with Crippen molar-refractivity contribution in [1.82, 2.24) is 0 Å². The van der Waals surface area contributed by atoms with Gasteiger partial charge < -0.3 is 0 Å². The second-order valence-electron chi connectivity index (χ2n) is 3.30. The summed E-state index contributed by atoms with van der Waals surface area (Å²) in [5, 5.41) is 3.17. The summed E-state index contributed by atoms with van der Waals surface area (Å²) >= 11 is 7.00. The number of hydrogen-bond acceptors (Lipinski definition) is 2. The van der Waals surface area contributed by atoms with E-state index < -0.39 is 0 Å². The zero-order valence-electron chi connectivity index (χ0n) is 8.66. The molecule has 0 saturated carbocycles. The van der Waals surface area contributed by atoms with Crippen LogP contribution < -0.4 is 5.32 Å². The molecule has 1 nitrogen and oxygen atoms in total. The van der Waals surface area contributed by atoms with E-state index in [0.29, 0.717) is 0 Å². The molecule has 0 heterocycles. The fourth-order valence-electron chi connectivity index (χ4n) is 1.27. The average molecular weight is 320 g/mol. The summed E-state index contributed by atoms with van der Waals surface area (Å²) in [6.45, 7) is 2.22. The predicted molar refractivity (Wildman–Crippen MR) is 68.9 cm³/mol. The van der Waals surface area contributed by atoms with Gasteiger partial charge in [-0.1, -0.05) is 0 Å². The van der Waals surface area contributed by atoms with Crippen LogP contribution in [0.1, 0.15) is 25.3 Å². The number of rotatable bonds is 4. The monoisotopic (exact) mass is 322 g/mol. The van der Waals surface area contributed by atoms with Crippen LogP contribution in [0.4, 0.5) is 5.69 Å². The Morgan fingerprint density at radius 3 is 2.60 bits per heavy atom. The van der Waals surface area contributed by atoms with Crippen LogP contribution in [0.25, 0.3) is 0 Å². The molecule has 1 aromatic carbocycles. The van der Waals surface area contributed by atoms with Crippen molar-refractivity contribution in [3.63, 3.8) is 0 Å². The van der Waals surface area contributed by atoms with Crippen LogP contribution in [0.15, 0.2) is 24.3 Å². The van der Waals surface area contributed by atoms with Crippen LogP contribution in [-0.2, 0) is 25.0 Å². The molecule has 0 radical (unpaired) electrons. The van der Waals surface area contributed by atoms with Gasteiger partial charge in [0, 0.05) is 0 Å². The molecule has 1 aromatic rings. The van der Waals surface area contributed by atoms with E-state index in [0.717, 1.165) is 10.0 Å². The van der Waals surface area contributed by atoms with Crippen LogP contribution in [0.5, 0.6) is 0 Å². The maximum atomic E-state index is 5.09. The van der Waals surface area contributed by atoms with Crippen LogP contribution >= 0.6 is 21.7 Å². The molecule has 0 spiro atoms. The van der Waals surface area contributed by atoms with Crippen molar-refractivity contribution < 1.29 is 18.5 Å². The Labute approximate surface area is 111 Å². The van der Waals surface area contributed by atoms with Crippen LogP contribution in [-0.4, -0.2) is 4.32 Å². The number of benzene rings is 1. The molecule has 0 atom stereocenters. The van der Waals surface area contributed by atoms with Gasteiger partial charge in [0.1, 0.15) is 0 Å². The second kappa shape index (κ2) is 7.43. The van der Waals surface area contributed by atoms with Gasteiger partial charge in [-0.25, -0.2) is 0 Å². The third-order valence-electron chi connectivity index (χ3n) is 2.10. The van der Waals surface area contributed by atoms with Gasteiger partial charge in [0.15, 0.2) is 0 Å². The molecule has 15 heavy (non-hydrogen) atoms. The zero-order chi connectivity index (χ0) is 11.1. The van der Waals surface area contributed by atoms with E-state index in [1.54, 1.807) is 9.47 Å². The van der Waals surface area contributed by atoms with E-state index in [1.165, 1.54) is 24.8 Å². The van der Waals surface area contributed by atoms with Crippen molar-refractivity contribution in [2.24, 2.45) is 0 Å². The van der Waals surface area contributed by atoms with Gasteiger partial charge in [-0.3, -0.25) is 0 Å². The van der Waals surface area contributed by atoms with Gasteiger partial charge in [0.05, 0.1) is 0 Å². The molecule has 0 unspecified atom stereocenters. The van der Waals surface area contributed by atoms with Crippen LogP contribution in [0, 0.1) is 0 Å². The Hall–Kier alpha value is 0.148. The van der Waals surface area contributed by atoms with Gasteiger partial charge in [-0.15, -0.1) is 0 Å². The van der Waals surface area contributed by atoms with Gasteiger partial charge >= 0.3 is 112 Å². The number of thiocarbonyl (C=S) groups is 1. The molecule has 1 N–H and O–H groups in total. The summed E-state index contributed by atoms with van der Waals surface area (Å²) in [7, 11) is 1.57.